The van der Waals surface area contributed by atoms with E-state index in [-0.39, 0.29) is 18.5 Å². The van der Waals surface area contributed by atoms with E-state index in [4.69, 9.17) is 14.2 Å². The number of amides is 2. The molecule has 0 radical (unpaired) electrons. The number of carbonyl (C=O) groups is 3. The SMILES string of the molecule is COc1ccccc1N1C(=O)[C@@H]2[C@@H](C1=O)[C@H]1c3ccccc3C=CN1[C@@H]2C(=O)c1ccc2c(c1)OCO2. The van der Waals surface area contributed by atoms with Gasteiger partial charge in [0.25, 0.3) is 0 Å². The van der Waals surface area contributed by atoms with Crippen molar-refractivity contribution in [3.63, 3.8) is 0 Å². The van der Waals surface area contributed by atoms with Crippen LogP contribution >= 0.6 is 0 Å². The second-order valence-electron chi connectivity index (χ2n) is 9.45. The number of para-hydroxylation sites is 2. The summed E-state index contributed by atoms with van der Waals surface area (Å²) in [6.45, 7) is 0.0929. The van der Waals surface area contributed by atoms with Gasteiger partial charge in [-0.2, -0.15) is 0 Å². The number of Topliss-reactive ketones (excluding diaryl/α,β-unsaturated/α-hetero) is 1. The standard InChI is InChI=1S/C29H22N2O6/c1-35-20-9-5-4-8-19(20)31-28(33)23-24(29(31)34)26(27(32)17-10-11-21-22(14-17)37-15-36-21)30-13-12-16-6-2-3-7-18(16)25(23)30/h2-14,23-26H,15H2,1H3/t23-,24-,25-,26+/m1/s1. The lowest BCUT2D eigenvalue weighted by Crippen LogP contribution is -2.44. The van der Waals surface area contributed by atoms with E-state index in [1.54, 1.807) is 42.5 Å². The number of benzene rings is 3. The van der Waals surface area contributed by atoms with Crippen molar-refractivity contribution in [2.45, 2.75) is 12.1 Å². The van der Waals surface area contributed by atoms with Gasteiger partial charge in [0.2, 0.25) is 18.6 Å². The molecule has 37 heavy (non-hydrogen) atoms. The van der Waals surface area contributed by atoms with Crippen LogP contribution in [0.4, 0.5) is 5.69 Å². The molecule has 7 rings (SSSR count). The van der Waals surface area contributed by atoms with Gasteiger partial charge in [-0.3, -0.25) is 14.4 Å². The number of ketones is 1. The van der Waals surface area contributed by atoms with Gasteiger partial charge in [0.15, 0.2) is 17.3 Å². The maximum atomic E-state index is 14.1. The monoisotopic (exact) mass is 494 g/mol. The highest BCUT2D eigenvalue weighted by molar-refractivity contribution is 6.25. The number of fused-ring (bicyclic) bond motifs is 6. The minimum atomic E-state index is -0.865. The van der Waals surface area contributed by atoms with Crippen molar-refractivity contribution in [1.82, 2.24) is 4.90 Å². The molecule has 0 N–H and O–H groups in total. The quantitative estimate of drug-likeness (QED) is 0.403. The Hall–Kier alpha value is -4.59. The van der Waals surface area contributed by atoms with Gasteiger partial charge >= 0.3 is 0 Å². The third-order valence-electron chi connectivity index (χ3n) is 7.71. The zero-order valence-corrected chi connectivity index (χ0v) is 19.9. The zero-order valence-electron chi connectivity index (χ0n) is 19.9. The Morgan fingerprint density at radius 3 is 2.54 bits per heavy atom. The molecular weight excluding hydrogens is 472 g/mol. The predicted octanol–water partition coefficient (Wildman–Crippen LogP) is 3.82. The molecule has 8 nitrogen and oxygen atoms in total. The number of rotatable bonds is 4. The van der Waals surface area contributed by atoms with Crippen LogP contribution in [-0.2, 0) is 9.59 Å². The maximum Gasteiger partial charge on any atom is 0.240 e. The van der Waals surface area contributed by atoms with Crippen LogP contribution in [0.15, 0.2) is 72.9 Å². The van der Waals surface area contributed by atoms with Gasteiger partial charge in [-0.15, -0.1) is 0 Å². The zero-order chi connectivity index (χ0) is 25.3. The van der Waals surface area contributed by atoms with Crippen LogP contribution in [0, 0.1) is 11.8 Å². The average Bonchev–Trinajstić information content (AvgIpc) is 3.61. The fourth-order valence-electron chi connectivity index (χ4n) is 6.13. The van der Waals surface area contributed by atoms with Crippen LogP contribution in [0.5, 0.6) is 17.2 Å². The highest BCUT2D eigenvalue weighted by Gasteiger charge is 2.64. The number of ether oxygens (including phenoxy) is 3. The van der Waals surface area contributed by atoms with E-state index in [9.17, 15) is 14.4 Å². The fourth-order valence-corrected chi connectivity index (χ4v) is 6.13. The van der Waals surface area contributed by atoms with Crippen LogP contribution in [-0.4, -0.2) is 42.4 Å². The van der Waals surface area contributed by atoms with Crippen molar-refractivity contribution < 1.29 is 28.6 Å². The third kappa shape index (κ3) is 2.98. The summed E-state index contributed by atoms with van der Waals surface area (Å²) in [5, 5.41) is 0. The molecule has 4 heterocycles. The van der Waals surface area contributed by atoms with Crippen molar-refractivity contribution in [2.24, 2.45) is 11.8 Å². The van der Waals surface area contributed by atoms with Gasteiger partial charge in [0.1, 0.15) is 11.8 Å². The summed E-state index contributed by atoms with van der Waals surface area (Å²) < 4.78 is 16.3. The molecule has 0 spiro atoms. The Morgan fingerprint density at radius 2 is 1.68 bits per heavy atom. The first kappa shape index (κ1) is 21.7. The number of hydrogen-bond donors (Lipinski definition) is 0. The smallest absolute Gasteiger partial charge is 0.240 e. The first-order valence-electron chi connectivity index (χ1n) is 12.1. The molecule has 4 aliphatic heterocycles. The number of imide groups is 1. The predicted molar refractivity (Wildman–Crippen MR) is 133 cm³/mol. The highest BCUT2D eigenvalue weighted by atomic mass is 16.7. The molecule has 0 unspecified atom stereocenters. The molecule has 2 amide bonds. The molecule has 0 aromatic heterocycles. The molecule has 184 valence electrons. The number of nitrogens with zero attached hydrogens (tertiary/aromatic N) is 2. The van der Waals surface area contributed by atoms with E-state index in [1.807, 2.05) is 41.4 Å². The number of carbonyl (C=O) groups excluding carboxylic acids is 3. The molecule has 2 saturated heterocycles. The molecule has 0 saturated carbocycles. The van der Waals surface area contributed by atoms with Crippen LogP contribution in [0.25, 0.3) is 6.08 Å². The Bertz CT molecular complexity index is 1510. The molecule has 8 heteroatoms. The summed E-state index contributed by atoms with van der Waals surface area (Å²) >= 11 is 0. The average molecular weight is 495 g/mol. The van der Waals surface area contributed by atoms with Crippen molar-refractivity contribution in [2.75, 3.05) is 18.8 Å². The van der Waals surface area contributed by atoms with Crippen LogP contribution in [0.3, 0.4) is 0 Å². The minimum Gasteiger partial charge on any atom is -0.495 e. The summed E-state index contributed by atoms with van der Waals surface area (Å²) in [6, 6.07) is 18.4. The lowest BCUT2D eigenvalue weighted by Gasteiger charge is -2.35. The van der Waals surface area contributed by atoms with Crippen LogP contribution < -0.4 is 19.1 Å². The van der Waals surface area contributed by atoms with Gasteiger partial charge in [-0.25, -0.2) is 4.90 Å². The molecule has 0 aliphatic carbocycles. The van der Waals surface area contributed by atoms with Gasteiger partial charge in [-0.1, -0.05) is 36.4 Å². The molecular formula is C29H22N2O6. The fraction of sp³-hybridized carbons (Fsp3) is 0.207. The van der Waals surface area contributed by atoms with Crippen molar-refractivity contribution >= 4 is 29.4 Å². The first-order chi connectivity index (χ1) is 18.1. The van der Waals surface area contributed by atoms with E-state index in [0.717, 1.165) is 11.1 Å². The summed E-state index contributed by atoms with van der Waals surface area (Å²) in [5.74, 6) is -1.10. The normalized spacial score (nSPS) is 24.7. The first-order valence-corrected chi connectivity index (χ1v) is 12.1. The van der Waals surface area contributed by atoms with E-state index in [1.165, 1.54) is 12.0 Å². The van der Waals surface area contributed by atoms with Crippen molar-refractivity contribution in [1.29, 1.82) is 0 Å². The molecule has 4 aliphatic rings. The van der Waals surface area contributed by atoms with Gasteiger partial charge in [-0.05, 0) is 47.5 Å². The highest BCUT2D eigenvalue weighted by Crippen LogP contribution is 2.54. The van der Waals surface area contributed by atoms with E-state index in [2.05, 4.69) is 0 Å². The topological polar surface area (TPSA) is 85.4 Å². The molecule has 2 fully saturated rings. The van der Waals surface area contributed by atoms with E-state index in [0.29, 0.717) is 28.5 Å². The minimum absolute atomic E-state index is 0.0929. The molecule has 3 aromatic carbocycles. The number of methoxy groups -OCH3 is 1. The lowest BCUT2D eigenvalue weighted by molar-refractivity contribution is -0.123. The lowest BCUT2D eigenvalue weighted by atomic mass is 9.83. The van der Waals surface area contributed by atoms with Crippen LogP contribution in [0.1, 0.15) is 27.5 Å². The molecule has 3 aromatic rings. The summed E-state index contributed by atoms with van der Waals surface area (Å²) in [5.41, 5.74) is 2.67. The third-order valence-corrected chi connectivity index (χ3v) is 7.71. The Morgan fingerprint density at radius 1 is 0.919 bits per heavy atom. The molecule has 4 atom stereocenters. The number of anilines is 1. The van der Waals surface area contributed by atoms with Crippen molar-refractivity contribution in [3.05, 3.63) is 89.6 Å². The Kier molecular flexibility index (Phi) is 4.66. The maximum absolute atomic E-state index is 14.1. The Balaban J connectivity index is 1.37. The second kappa shape index (κ2) is 7.96. The van der Waals surface area contributed by atoms with Gasteiger partial charge in [0.05, 0.1) is 30.7 Å². The summed E-state index contributed by atoms with van der Waals surface area (Å²) in [7, 11) is 1.50. The summed E-state index contributed by atoms with van der Waals surface area (Å²) in [4.78, 5) is 45.3. The van der Waals surface area contributed by atoms with E-state index < -0.39 is 29.8 Å². The summed E-state index contributed by atoms with van der Waals surface area (Å²) in [6.07, 6.45) is 3.77. The van der Waals surface area contributed by atoms with Crippen molar-refractivity contribution in [3.8, 4) is 17.2 Å². The van der Waals surface area contributed by atoms with Gasteiger partial charge < -0.3 is 19.1 Å². The second-order valence-corrected chi connectivity index (χ2v) is 9.45. The van der Waals surface area contributed by atoms with Gasteiger partial charge in [0, 0.05) is 11.8 Å². The largest absolute Gasteiger partial charge is 0.495 e. The number of hydrogen-bond acceptors (Lipinski definition) is 7. The Labute approximate surface area is 212 Å². The van der Waals surface area contributed by atoms with Crippen LogP contribution in [0.2, 0.25) is 0 Å². The van der Waals surface area contributed by atoms with E-state index >= 15 is 0 Å². The molecule has 0 bridgehead atoms.